The van der Waals surface area contributed by atoms with Crippen LogP contribution in [0.3, 0.4) is 0 Å². The predicted molar refractivity (Wildman–Crippen MR) is 102 cm³/mol. The fraction of sp³-hybridized carbons (Fsp3) is 0.238. The van der Waals surface area contributed by atoms with Crippen molar-refractivity contribution in [2.45, 2.75) is 13.3 Å². The van der Waals surface area contributed by atoms with E-state index in [-0.39, 0.29) is 5.91 Å². The van der Waals surface area contributed by atoms with Crippen LogP contribution < -0.4 is 14.8 Å². The van der Waals surface area contributed by atoms with Gasteiger partial charge in [-0.1, -0.05) is 17.3 Å². The van der Waals surface area contributed by atoms with Crippen molar-refractivity contribution in [2.75, 3.05) is 20.8 Å². The van der Waals surface area contributed by atoms with E-state index >= 15 is 0 Å². The Morgan fingerprint density at radius 3 is 2.19 bits per heavy atom. The number of nitrogens with one attached hydrogen (secondary N) is 1. The van der Waals surface area contributed by atoms with Crippen molar-refractivity contribution in [3.05, 3.63) is 65.4 Å². The highest BCUT2D eigenvalue weighted by Crippen LogP contribution is 2.27. The topological polar surface area (TPSA) is 73.6 Å². The molecule has 0 aliphatic heterocycles. The van der Waals surface area contributed by atoms with Crippen LogP contribution in [0.4, 0.5) is 0 Å². The molecule has 1 aromatic heterocycles. The molecule has 6 heteroatoms. The van der Waals surface area contributed by atoms with E-state index in [2.05, 4.69) is 10.5 Å². The third-order valence-electron chi connectivity index (χ3n) is 4.30. The van der Waals surface area contributed by atoms with E-state index in [4.69, 9.17) is 14.0 Å². The van der Waals surface area contributed by atoms with Gasteiger partial charge in [0.1, 0.15) is 17.1 Å². The second kappa shape index (κ2) is 8.40. The third-order valence-corrected chi connectivity index (χ3v) is 4.30. The molecule has 1 amide bonds. The fourth-order valence-electron chi connectivity index (χ4n) is 2.78. The van der Waals surface area contributed by atoms with Gasteiger partial charge in [0.15, 0.2) is 5.76 Å². The van der Waals surface area contributed by atoms with Crippen LogP contribution >= 0.6 is 0 Å². The lowest BCUT2D eigenvalue weighted by atomic mass is 10.1. The van der Waals surface area contributed by atoms with Gasteiger partial charge in [-0.15, -0.1) is 0 Å². The number of rotatable bonds is 7. The molecule has 140 valence electrons. The fourth-order valence-corrected chi connectivity index (χ4v) is 2.78. The van der Waals surface area contributed by atoms with Gasteiger partial charge in [0.25, 0.3) is 5.91 Å². The van der Waals surface area contributed by atoms with Gasteiger partial charge in [0.05, 0.1) is 19.9 Å². The average Bonchev–Trinajstić information content (AvgIpc) is 3.10. The van der Waals surface area contributed by atoms with Crippen LogP contribution in [-0.2, 0) is 6.42 Å². The summed E-state index contributed by atoms with van der Waals surface area (Å²) < 4.78 is 15.7. The number of ether oxygens (including phenoxy) is 2. The first-order valence-electron chi connectivity index (χ1n) is 8.64. The monoisotopic (exact) mass is 366 g/mol. The summed E-state index contributed by atoms with van der Waals surface area (Å²) in [5.74, 6) is 1.80. The van der Waals surface area contributed by atoms with E-state index in [9.17, 15) is 4.79 Å². The maximum absolute atomic E-state index is 12.7. The lowest BCUT2D eigenvalue weighted by molar-refractivity contribution is 0.0954. The van der Waals surface area contributed by atoms with Gasteiger partial charge < -0.3 is 19.3 Å². The van der Waals surface area contributed by atoms with Gasteiger partial charge in [-0.05, 0) is 55.3 Å². The number of carbonyl (C=O) groups excluding carboxylic acids is 1. The molecule has 0 bridgehead atoms. The van der Waals surface area contributed by atoms with Gasteiger partial charge in [0, 0.05) is 12.1 Å². The van der Waals surface area contributed by atoms with Crippen molar-refractivity contribution in [1.29, 1.82) is 0 Å². The molecule has 0 spiro atoms. The maximum atomic E-state index is 12.7. The molecule has 0 atom stereocenters. The predicted octanol–water partition coefficient (Wildman–Crippen LogP) is 3.64. The second-order valence-corrected chi connectivity index (χ2v) is 6.05. The van der Waals surface area contributed by atoms with Crippen LogP contribution in [-0.4, -0.2) is 31.8 Å². The minimum Gasteiger partial charge on any atom is -0.497 e. The lowest BCUT2D eigenvalue weighted by Gasteiger charge is -2.07. The number of nitrogens with zero attached hydrogens (tertiary/aromatic N) is 1. The second-order valence-electron chi connectivity index (χ2n) is 6.05. The minimum atomic E-state index is -0.201. The van der Waals surface area contributed by atoms with E-state index in [0.29, 0.717) is 23.6 Å². The number of hydrogen-bond donors (Lipinski definition) is 1. The van der Waals surface area contributed by atoms with E-state index in [0.717, 1.165) is 29.0 Å². The molecule has 2 aromatic carbocycles. The number of aryl methyl sites for hydroxylation is 1. The van der Waals surface area contributed by atoms with Gasteiger partial charge in [-0.2, -0.15) is 0 Å². The summed E-state index contributed by atoms with van der Waals surface area (Å²) in [4.78, 5) is 12.7. The van der Waals surface area contributed by atoms with E-state index in [1.165, 1.54) is 0 Å². The van der Waals surface area contributed by atoms with E-state index in [1.807, 2.05) is 48.5 Å². The number of hydrogen-bond acceptors (Lipinski definition) is 5. The smallest absolute Gasteiger partial charge is 0.257 e. The van der Waals surface area contributed by atoms with Crippen LogP contribution in [0.2, 0.25) is 0 Å². The summed E-state index contributed by atoms with van der Waals surface area (Å²) in [6.07, 6.45) is 0.720. The Kier molecular flexibility index (Phi) is 5.76. The Labute approximate surface area is 158 Å². The van der Waals surface area contributed by atoms with Gasteiger partial charge in [-0.3, -0.25) is 4.79 Å². The molecule has 0 saturated heterocycles. The number of benzene rings is 2. The molecule has 0 saturated carbocycles. The summed E-state index contributed by atoms with van der Waals surface area (Å²) in [6.45, 7) is 2.27. The summed E-state index contributed by atoms with van der Waals surface area (Å²) in [5, 5.41) is 6.90. The van der Waals surface area contributed by atoms with Crippen molar-refractivity contribution in [3.63, 3.8) is 0 Å². The van der Waals surface area contributed by atoms with Gasteiger partial charge in [-0.25, -0.2) is 0 Å². The van der Waals surface area contributed by atoms with Crippen molar-refractivity contribution < 1.29 is 18.8 Å². The van der Waals surface area contributed by atoms with Crippen LogP contribution in [0.1, 0.15) is 21.6 Å². The van der Waals surface area contributed by atoms with Gasteiger partial charge in [0.2, 0.25) is 0 Å². The summed E-state index contributed by atoms with van der Waals surface area (Å²) in [7, 11) is 3.24. The number of carbonyl (C=O) groups is 1. The molecule has 1 N–H and O–H groups in total. The summed E-state index contributed by atoms with van der Waals surface area (Å²) >= 11 is 0. The molecular weight excluding hydrogens is 344 g/mol. The quantitative estimate of drug-likeness (QED) is 0.691. The van der Waals surface area contributed by atoms with E-state index in [1.54, 1.807) is 21.1 Å². The summed E-state index contributed by atoms with van der Waals surface area (Å²) in [6, 6.07) is 15.1. The number of methoxy groups -OCH3 is 2. The first kappa shape index (κ1) is 18.5. The Hall–Kier alpha value is -3.28. The van der Waals surface area contributed by atoms with Crippen LogP contribution in [0.15, 0.2) is 53.1 Å². The molecule has 27 heavy (non-hydrogen) atoms. The Balaban J connectivity index is 1.68. The Morgan fingerprint density at radius 2 is 1.59 bits per heavy atom. The van der Waals surface area contributed by atoms with Crippen molar-refractivity contribution in [2.24, 2.45) is 0 Å². The third kappa shape index (κ3) is 4.28. The molecule has 0 fully saturated rings. The zero-order chi connectivity index (χ0) is 19.2. The number of aromatic nitrogens is 1. The van der Waals surface area contributed by atoms with E-state index < -0.39 is 0 Å². The average molecular weight is 366 g/mol. The van der Waals surface area contributed by atoms with Crippen LogP contribution in [0, 0.1) is 6.92 Å². The molecule has 6 nitrogen and oxygen atoms in total. The van der Waals surface area contributed by atoms with Crippen LogP contribution in [0.25, 0.3) is 11.3 Å². The lowest BCUT2D eigenvalue weighted by Crippen LogP contribution is -2.26. The highest BCUT2D eigenvalue weighted by molar-refractivity contribution is 6.00. The molecule has 3 aromatic rings. The normalized spacial score (nSPS) is 10.5. The Bertz CT molecular complexity index is 899. The van der Waals surface area contributed by atoms with Crippen molar-refractivity contribution in [1.82, 2.24) is 10.5 Å². The van der Waals surface area contributed by atoms with Gasteiger partial charge >= 0.3 is 0 Å². The molecule has 0 unspecified atom stereocenters. The molecule has 0 aliphatic carbocycles. The highest BCUT2D eigenvalue weighted by Gasteiger charge is 2.21. The molecule has 1 heterocycles. The zero-order valence-electron chi connectivity index (χ0n) is 15.6. The zero-order valence-corrected chi connectivity index (χ0v) is 15.6. The largest absolute Gasteiger partial charge is 0.497 e. The summed E-state index contributed by atoms with van der Waals surface area (Å²) in [5.41, 5.74) is 2.91. The SMILES string of the molecule is COc1ccc(CCNC(=O)c2c(C)noc2-c2ccc(OC)cc2)cc1. The first-order chi connectivity index (χ1) is 13.1. The molecule has 0 aliphatic rings. The highest BCUT2D eigenvalue weighted by atomic mass is 16.5. The Morgan fingerprint density at radius 1 is 1.00 bits per heavy atom. The minimum absolute atomic E-state index is 0.201. The number of amides is 1. The van der Waals surface area contributed by atoms with Crippen LogP contribution in [0.5, 0.6) is 11.5 Å². The standard InChI is InChI=1S/C21H22N2O4/c1-14-19(20(27-23-14)16-6-10-18(26-3)11-7-16)21(24)22-13-12-15-4-8-17(25-2)9-5-15/h4-11H,12-13H2,1-3H3,(H,22,24). The molecular formula is C21H22N2O4. The maximum Gasteiger partial charge on any atom is 0.257 e. The van der Waals surface area contributed by atoms with Crippen molar-refractivity contribution in [3.8, 4) is 22.8 Å². The first-order valence-corrected chi connectivity index (χ1v) is 8.64. The molecule has 3 rings (SSSR count). The van der Waals surface area contributed by atoms with Crippen molar-refractivity contribution >= 4 is 5.91 Å². The molecule has 0 radical (unpaired) electrons.